The number of hydrogen-bond donors (Lipinski definition) is 3. The lowest BCUT2D eigenvalue weighted by Gasteiger charge is -2.12. The fourth-order valence-electron chi connectivity index (χ4n) is 1.74. The number of nitrogens with zero attached hydrogens (tertiary/aromatic N) is 1. The Labute approximate surface area is 129 Å². The number of nitrogens with one attached hydrogen (secondary N) is 2. The zero-order valence-electron chi connectivity index (χ0n) is 11.5. The van der Waals surface area contributed by atoms with Gasteiger partial charge in [0.1, 0.15) is 9.88 Å². The summed E-state index contributed by atoms with van der Waals surface area (Å²) in [6.07, 6.45) is 0. The maximum atomic E-state index is 11.8. The summed E-state index contributed by atoms with van der Waals surface area (Å²) in [5.74, 6) is -0.994. The third kappa shape index (κ3) is 4.02. The lowest BCUT2D eigenvalue weighted by molar-refractivity contribution is 0.0701. The van der Waals surface area contributed by atoms with E-state index in [4.69, 9.17) is 5.11 Å². The van der Waals surface area contributed by atoms with Crippen LogP contribution in [0.1, 0.15) is 38.2 Å². The maximum Gasteiger partial charge on any atom is 0.347 e. The summed E-state index contributed by atoms with van der Waals surface area (Å²) in [4.78, 5) is 28.1. The third-order valence-electron chi connectivity index (χ3n) is 2.75. The first kappa shape index (κ1) is 15.5. The number of rotatable bonds is 5. The number of urea groups is 1. The van der Waals surface area contributed by atoms with E-state index < -0.39 is 5.97 Å². The molecule has 8 heteroatoms. The van der Waals surface area contributed by atoms with Crippen molar-refractivity contribution in [2.24, 2.45) is 0 Å². The average Bonchev–Trinajstić information content (AvgIpc) is 3.05. The molecule has 2 rings (SSSR count). The molecule has 2 heterocycles. The topological polar surface area (TPSA) is 91.3 Å². The van der Waals surface area contributed by atoms with E-state index in [0.717, 1.165) is 16.2 Å². The van der Waals surface area contributed by atoms with Gasteiger partial charge in [0.2, 0.25) is 0 Å². The van der Waals surface area contributed by atoms with Gasteiger partial charge in [0, 0.05) is 4.88 Å². The molecule has 0 saturated heterocycles. The molecule has 2 amide bonds. The van der Waals surface area contributed by atoms with Gasteiger partial charge in [-0.2, -0.15) is 0 Å². The van der Waals surface area contributed by atoms with Gasteiger partial charge in [-0.3, -0.25) is 0 Å². The van der Waals surface area contributed by atoms with E-state index in [-0.39, 0.29) is 23.5 Å². The standard InChI is InChI=1S/C13H15N3O3S2/c1-7(9-4-3-5-20-9)16-13(19)14-6-10-15-8(2)11(21-10)12(17)18/h3-5,7H,6H2,1-2H3,(H,17,18)(H2,14,16,19). The van der Waals surface area contributed by atoms with Crippen LogP contribution in [0.3, 0.4) is 0 Å². The summed E-state index contributed by atoms with van der Waals surface area (Å²) < 4.78 is 0. The number of carboxylic acids is 1. The van der Waals surface area contributed by atoms with E-state index in [1.54, 1.807) is 18.3 Å². The van der Waals surface area contributed by atoms with Crippen molar-refractivity contribution in [3.8, 4) is 0 Å². The summed E-state index contributed by atoms with van der Waals surface area (Å²) in [5, 5.41) is 17.0. The fourth-order valence-corrected chi connectivity index (χ4v) is 3.32. The van der Waals surface area contributed by atoms with Crippen LogP contribution in [0.2, 0.25) is 0 Å². The van der Waals surface area contributed by atoms with Crippen LogP contribution in [-0.2, 0) is 6.54 Å². The molecule has 112 valence electrons. The van der Waals surface area contributed by atoms with Crippen LogP contribution >= 0.6 is 22.7 Å². The van der Waals surface area contributed by atoms with Crippen molar-refractivity contribution in [1.29, 1.82) is 0 Å². The zero-order valence-corrected chi connectivity index (χ0v) is 13.2. The van der Waals surface area contributed by atoms with Gasteiger partial charge < -0.3 is 15.7 Å². The summed E-state index contributed by atoms with van der Waals surface area (Å²) >= 11 is 2.65. The van der Waals surface area contributed by atoms with Gasteiger partial charge in [-0.15, -0.1) is 22.7 Å². The van der Waals surface area contributed by atoms with E-state index in [9.17, 15) is 9.59 Å². The molecule has 0 aliphatic rings. The Kier molecular flexibility index (Phi) is 4.92. The molecule has 0 aliphatic heterocycles. The van der Waals surface area contributed by atoms with Gasteiger partial charge in [0.05, 0.1) is 18.3 Å². The highest BCUT2D eigenvalue weighted by Gasteiger charge is 2.15. The molecule has 0 fully saturated rings. The smallest absolute Gasteiger partial charge is 0.347 e. The minimum Gasteiger partial charge on any atom is -0.477 e. The van der Waals surface area contributed by atoms with Gasteiger partial charge in [-0.1, -0.05) is 6.07 Å². The third-order valence-corrected chi connectivity index (χ3v) is 4.95. The Balaban J connectivity index is 1.86. The number of amides is 2. The molecule has 2 aromatic rings. The molecule has 21 heavy (non-hydrogen) atoms. The van der Waals surface area contributed by atoms with Gasteiger partial charge in [0.15, 0.2) is 0 Å². The fraction of sp³-hybridized carbons (Fsp3) is 0.308. The van der Waals surface area contributed by atoms with E-state index >= 15 is 0 Å². The molecule has 6 nitrogen and oxygen atoms in total. The number of hydrogen-bond acceptors (Lipinski definition) is 5. The molecular formula is C13H15N3O3S2. The van der Waals surface area contributed by atoms with Crippen LogP contribution in [-0.4, -0.2) is 22.1 Å². The highest BCUT2D eigenvalue weighted by Crippen LogP contribution is 2.19. The first-order valence-electron chi connectivity index (χ1n) is 6.24. The maximum absolute atomic E-state index is 11.8. The molecular weight excluding hydrogens is 310 g/mol. The van der Waals surface area contributed by atoms with Crippen molar-refractivity contribution in [2.75, 3.05) is 0 Å². The Hall–Kier alpha value is -1.93. The second-order valence-corrected chi connectivity index (χ2v) is 6.45. The highest BCUT2D eigenvalue weighted by atomic mass is 32.1. The van der Waals surface area contributed by atoms with Gasteiger partial charge in [-0.05, 0) is 25.3 Å². The normalized spacial score (nSPS) is 11.9. The minimum atomic E-state index is -0.994. The van der Waals surface area contributed by atoms with Crippen LogP contribution < -0.4 is 10.6 Å². The number of thiazole rings is 1. The number of aryl methyl sites for hydroxylation is 1. The van der Waals surface area contributed by atoms with Gasteiger partial charge in [-0.25, -0.2) is 14.6 Å². The number of thiophene rings is 1. The van der Waals surface area contributed by atoms with Gasteiger partial charge >= 0.3 is 12.0 Å². The Bertz CT molecular complexity index is 637. The van der Waals surface area contributed by atoms with Crippen LogP contribution in [0, 0.1) is 6.92 Å². The number of carbonyl (C=O) groups excluding carboxylic acids is 1. The van der Waals surface area contributed by atoms with Gasteiger partial charge in [0.25, 0.3) is 0 Å². The van der Waals surface area contributed by atoms with Crippen LogP contribution in [0.15, 0.2) is 17.5 Å². The second kappa shape index (κ2) is 6.68. The number of aromatic nitrogens is 1. The quantitative estimate of drug-likeness (QED) is 0.788. The molecule has 0 saturated carbocycles. The van der Waals surface area contributed by atoms with Crippen molar-refractivity contribution in [1.82, 2.24) is 15.6 Å². The second-order valence-electron chi connectivity index (χ2n) is 4.39. The molecule has 1 unspecified atom stereocenters. The molecule has 0 aromatic carbocycles. The lowest BCUT2D eigenvalue weighted by atomic mass is 10.3. The largest absolute Gasteiger partial charge is 0.477 e. The molecule has 2 aromatic heterocycles. The monoisotopic (exact) mass is 325 g/mol. The van der Waals surface area contributed by atoms with E-state index in [1.807, 2.05) is 24.4 Å². The predicted octanol–water partition coefficient (Wildman–Crippen LogP) is 2.77. The molecule has 0 bridgehead atoms. The SMILES string of the molecule is Cc1nc(CNC(=O)NC(C)c2cccs2)sc1C(=O)O. The molecule has 1 atom stereocenters. The highest BCUT2D eigenvalue weighted by molar-refractivity contribution is 7.13. The lowest BCUT2D eigenvalue weighted by Crippen LogP contribution is -2.36. The average molecular weight is 325 g/mol. The summed E-state index contributed by atoms with van der Waals surface area (Å²) in [5.41, 5.74) is 0.469. The Morgan fingerprint density at radius 3 is 2.81 bits per heavy atom. The molecule has 0 aliphatic carbocycles. The summed E-state index contributed by atoms with van der Waals surface area (Å²) in [6, 6.07) is 3.51. The number of carbonyl (C=O) groups is 2. The van der Waals surface area contributed by atoms with Crippen LogP contribution in [0.4, 0.5) is 4.79 Å². The Morgan fingerprint density at radius 2 is 2.24 bits per heavy atom. The van der Waals surface area contributed by atoms with E-state index in [1.165, 1.54) is 0 Å². The summed E-state index contributed by atoms with van der Waals surface area (Å²) in [7, 11) is 0. The first-order chi connectivity index (χ1) is 9.97. The van der Waals surface area contributed by atoms with Crippen molar-refractivity contribution >= 4 is 34.7 Å². The number of carboxylic acid groups (broad SMARTS) is 1. The van der Waals surface area contributed by atoms with E-state index in [2.05, 4.69) is 15.6 Å². The van der Waals surface area contributed by atoms with Crippen LogP contribution in [0.25, 0.3) is 0 Å². The summed E-state index contributed by atoms with van der Waals surface area (Å²) in [6.45, 7) is 3.76. The van der Waals surface area contributed by atoms with Crippen molar-refractivity contribution < 1.29 is 14.7 Å². The van der Waals surface area contributed by atoms with E-state index in [0.29, 0.717) is 10.7 Å². The van der Waals surface area contributed by atoms with Crippen molar-refractivity contribution in [3.05, 3.63) is 38.0 Å². The van der Waals surface area contributed by atoms with Crippen LogP contribution in [0.5, 0.6) is 0 Å². The Morgan fingerprint density at radius 1 is 1.48 bits per heavy atom. The zero-order chi connectivity index (χ0) is 15.4. The molecule has 3 N–H and O–H groups in total. The molecule has 0 spiro atoms. The first-order valence-corrected chi connectivity index (χ1v) is 7.94. The predicted molar refractivity (Wildman–Crippen MR) is 81.9 cm³/mol. The number of aromatic carboxylic acids is 1. The minimum absolute atomic E-state index is 0.0717. The molecule has 0 radical (unpaired) electrons. The van der Waals surface area contributed by atoms with Crippen molar-refractivity contribution in [3.63, 3.8) is 0 Å². The van der Waals surface area contributed by atoms with Crippen molar-refractivity contribution in [2.45, 2.75) is 26.4 Å².